The summed E-state index contributed by atoms with van der Waals surface area (Å²) < 4.78 is 26.6. The van der Waals surface area contributed by atoms with Gasteiger partial charge in [0, 0.05) is 19.3 Å². The van der Waals surface area contributed by atoms with Crippen LogP contribution in [0.15, 0.2) is 23.2 Å². The van der Waals surface area contributed by atoms with Gasteiger partial charge in [-0.2, -0.15) is 4.31 Å². The fraction of sp³-hybridized carbons (Fsp3) is 0.583. The smallest absolute Gasteiger partial charge is 0.244 e. The highest BCUT2D eigenvalue weighted by atomic mass is 32.2. The Morgan fingerprint density at radius 1 is 1.32 bits per heavy atom. The average Bonchev–Trinajstić information content (AvgIpc) is 2.37. The molecule has 1 saturated heterocycles. The van der Waals surface area contributed by atoms with Gasteiger partial charge in [-0.1, -0.05) is 13.8 Å². The molecule has 1 aliphatic heterocycles. The lowest BCUT2D eigenvalue weighted by Gasteiger charge is -2.33. The lowest BCUT2D eigenvalue weighted by molar-refractivity contribution is 0.222. The first-order valence-corrected chi connectivity index (χ1v) is 7.80. The molecule has 1 aliphatic rings. The molecule has 2 atom stereocenters. The summed E-state index contributed by atoms with van der Waals surface area (Å²) in [6, 6.07) is 3.09. The number of nitrogens with two attached hydrogens (primary N) is 1. The van der Waals surface area contributed by atoms with Crippen LogP contribution in [0.2, 0.25) is 0 Å². The van der Waals surface area contributed by atoms with Gasteiger partial charge in [-0.15, -0.1) is 0 Å². The van der Waals surface area contributed by atoms with Crippen molar-refractivity contribution in [1.29, 1.82) is 0 Å². The summed E-state index contributed by atoms with van der Waals surface area (Å²) in [7, 11) is -3.45. The number of piperidine rings is 1. The number of nitrogens with zero attached hydrogens (tertiary/aromatic N) is 2. The van der Waals surface area contributed by atoms with Crippen LogP contribution in [0, 0.1) is 11.8 Å². The zero-order valence-electron chi connectivity index (χ0n) is 11.2. The van der Waals surface area contributed by atoms with Crippen LogP contribution in [0.3, 0.4) is 0 Å². The maximum atomic E-state index is 12.5. The van der Waals surface area contributed by atoms with E-state index < -0.39 is 10.0 Å². The van der Waals surface area contributed by atoms with Gasteiger partial charge in [-0.3, -0.25) is 0 Å². The van der Waals surface area contributed by atoms with E-state index in [0.717, 1.165) is 6.42 Å². The van der Waals surface area contributed by atoms with Crippen molar-refractivity contribution in [1.82, 2.24) is 9.29 Å². The third-order valence-electron chi connectivity index (χ3n) is 3.36. The van der Waals surface area contributed by atoms with Gasteiger partial charge in [0.15, 0.2) is 0 Å². The number of pyridine rings is 1. The van der Waals surface area contributed by atoms with Crippen molar-refractivity contribution in [2.24, 2.45) is 17.7 Å². The molecule has 0 bridgehead atoms. The van der Waals surface area contributed by atoms with E-state index in [4.69, 9.17) is 5.84 Å². The number of sulfonamides is 1. The molecule has 6 nitrogen and oxygen atoms in total. The van der Waals surface area contributed by atoms with Crippen LogP contribution in [0.5, 0.6) is 0 Å². The van der Waals surface area contributed by atoms with Crippen LogP contribution in [0.4, 0.5) is 5.82 Å². The monoisotopic (exact) mass is 284 g/mol. The fourth-order valence-corrected chi connectivity index (χ4v) is 4.19. The minimum absolute atomic E-state index is 0.216. The average molecular weight is 284 g/mol. The fourth-order valence-electron chi connectivity index (χ4n) is 2.57. The highest BCUT2D eigenvalue weighted by Crippen LogP contribution is 2.26. The van der Waals surface area contributed by atoms with E-state index in [-0.39, 0.29) is 4.90 Å². The molecule has 1 aromatic rings. The Bertz CT molecular complexity index is 519. The van der Waals surface area contributed by atoms with Crippen molar-refractivity contribution in [3.63, 3.8) is 0 Å². The molecule has 7 heteroatoms. The van der Waals surface area contributed by atoms with Gasteiger partial charge in [0.05, 0.1) is 0 Å². The molecule has 1 fully saturated rings. The lowest BCUT2D eigenvalue weighted by Crippen LogP contribution is -2.42. The topological polar surface area (TPSA) is 88.3 Å². The summed E-state index contributed by atoms with van der Waals surface area (Å²) >= 11 is 0. The van der Waals surface area contributed by atoms with Crippen molar-refractivity contribution < 1.29 is 8.42 Å². The first kappa shape index (κ1) is 14.2. The molecule has 19 heavy (non-hydrogen) atoms. The number of aromatic nitrogens is 1. The first-order chi connectivity index (χ1) is 8.93. The van der Waals surface area contributed by atoms with Gasteiger partial charge in [-0.05, 0) is 30.4 Å². The normalized spacial score (nSPS) is 25.2. The predicted octanol–water partition coefficient (Wildman–Crippen LogP) is 1.03. The highest BCUT2D eigenvalue weighted by molar-refractivity contribution is 7.89. The van der Waals surface area contributed by atoms with E-state index in [1.165, 1.54) is 12.3 Å². The first-order valence-electron chi connectivity index (χ1n) is 6.36. The number of hydrazine groups is 1. The molecular weight excluding hydrogens is 264 g/mol. The summed E-state index contributed by atoms with van der Waals surface area (Å²) in [4.78, 5) is 4.17. The second-order valence-corrected chi connectivity index (χ2v) is 7.23. The zero-order chi connectivity index (χ0) is 14.0. The van der Waals surface area contributed by atoms with Crippen molar-refractivity contribution in [3.05, 3.63) is 18.3 Å². The molecule has 0 radical (unpaired) electrons. The molecule has 0 aliphatic carbocycles. The second kappa shape index (κ2) is 5.44. The Labute approximate surface area is 114 Å². The van der Waals surface area contributed by atoms with E-state index in [9.17, 15) is 8.42 Å². The molecule has 2 rings (SSSR count). The second-order valence-electron chi connectivity index (χ2n) is 5.29. The number of rotatable bonds is 3. The Hall–Kier alpha value is -1.18. The molecule has 2 heterocycles. The minimum atomic E-state index is -3.45. The molecule has 0 aromatic carbocycles. The molecule has 106 valence electrons. The Morgan fingerprint density at radius 3 is 2.42 bits per heavy atom. The lowest BCUT2D eigenvalue weighted by atomic mass is 9.94. The zero-order valence-corrected chi connectivity index (χ0v) is 12.0. The van der Waals surface area contributed by atoms with Crippen LogP contribution in [0.1, 0.15) is 20.3 Å². The van der Waals surface area contributed by atoms with E-state index in [0.29, 0.717) is 30.7 Å². The maximum Gasteiger partial charge on any atom is 0.244 e. The number of anilines is 1. The Kier molecular flexibility index (Phi) is 4.07. The van der Waals surface area contributed by atoms with E-state index in [2.05, 4.69) is 24.3 Å². The molecular formula is C12H20N4O2S. The van der Waals surface area contributed by atoms with Gasteiger partial charge in [-0.25, -0.2) is 19.2 Å². The quantitative estimate of drug-likeness (QED) is 0.639. The largest absolute Gasteiger partial charge is 0.308 e. The molecule has 1 aromatic heterocycles. The third-order valence-corrected chi connectivity index (χ3v) is 5.17. The van der Waals surface area contributed by atoms with Gasteiger partial charge in [0.2, 0.25) is 10.0 Å². The summed E-state index contributed by atoms with van der Waals surface area (Å²) in [6.45, 7) is 5.31. The molecule has 0 spiro atoms. The van der Waals surface area contributed by atoms with Crippen molar-refractivity contribution in [2.45, 2.75) is 25.2 Å². The number of nitrogens with one attached hydrogen (secondary N) is 1. The van der Waals surface area contributed by atoms with Crippen LogP contribution in [0.25, 0.3) is 0 Å². The van der Waals surface area contributed by atoms with Crippen molar-refractivity contribution in [2.75, 3.05) is 18.5 Å². The van der Waals surface area contributed by atoms with Crippen LogP contribution >= 0.6 is 0 Å². The van der Waals surface area contributed by atoms with Gasteiger partial charge in [0.25, 0.3) is 0 Å². The van der Waals surface area contributed by atoms with Crippen LogP contribution in [-0.2, 0) is 10.0 Å². The van der Waals surface area contributed by atoms with E-state index in [1.807, 2.05) is 0 Å². The molecule has 0 unspecified atom stereocenters. The summed E-state index contributed by atoms with van der Waals surface area (Å²) in [5, 5.41) is 0. The summed E-state index contributed by atoms with van der Waals surface area (Å²) in [6.07, 6.45) is 2.41. The Balaban J connectivity index is 2.25. The summed E-state index contributed by atoms with van der Waals surface area (Å²) in [5.41, 5.74) is 2.38. The summed E-state index contributed by atoms with van der Waals surface area (Å²) in [5.74, 6) is 6.43. The standard InChI is InChI=1S/C12H20N4O2S/c1-9-5-10(2)8-16(7-9)19(17,18)11-3-4-12(15-13)14-6-11/h3-4,6,9-10H,5,7-8,13H2,1-2H3,(H,14,15)/t9-,10-/m0/s1. The van der Waals surface area contributed by atoms with Crippen molar-refractivity contribution >= 4 is 15.8 Å². The maximum absolute atomic E-state index is 12.5. The molecule has 3 N–H and O–H groups in total. The highest BCUT2D eigenvalue weighted by Gasteiger charge is 2.31. The van der Waals surface area contributed by atoms with E-state index >= 15 is 0 Å². The predicted molar refractivity (Wildman–Crippen MR) is 73.8 cm³/mol. The van der Waals surface area contributed by atoms with Gasteiger partial charge < -0.3 is 5.43 Å². The SMILES string of the molecule is C[C@H]1C[C@H](C)CN(S(=O)(=O)c2ccc(NN)nc2)C1. The van der Waals surface area contributed by atoms with Crippen LogP contribution in [-0.4, -0.2) is 30.8 Å². The number of hydrogen-bond donors (Lipinski definition) is 2. The van der Waals surface area contributed by atoms with Gasteiger partial charge in [0.1, 0.15) is 10.7 Å². The number of nitrogen functional groups attached to an aromatic ring is 1. The van der Waals surface area contributed by atoms with Crippen molar-refractivity contribution in [3.8, 4) is 0 Å². The molecule has 0 saturated carbocycles. The third kappa shape index (κ3) is 3.05. The Morgan fingerprint density at radius 2 is 1.95 bits per heavy atom. The van der Waals surface area contributed by atoms with Gasteiger partial charge >= 0.3 is 0 Å². The number of hydrogen-bond acceptors (Lipinski definition) is 5. The molecule has 0 amide bonds. The van der Waals surface area contributed by atoms with E-state index in [1.54, 1.807) is 10.4 Å². The van der Waals surface area contributed by atoms with Crippen LogP contribution < -0.4 is 11.3 Å². The minimum Gasteiger partial charge on any atom is -0.308 e.